The molecule has 3 N–H and O–H groups in total. The number of phenols is 1. The Morgan fingerprint density at radius 2 is 1.90 bits per heavy atom. The van der Waals surface area contributed by atoms with Gasteiger partial charge in [-0.05, 0) is 43.0 Å². The number of hydrogen-bond acceptors (Lipinski definition) is 6. The van der Waals surface area contributed by atoms with Crippen molar-refractivity contribution in [1.82, 2.24) is 10.2 Å². The number of fused-ring (bicyclic) bond motifs is 1. The molecule has 29 heavy (non-hydrogen) atoms. The minimum absolute atomic E-state index is 0.130. The Morgan fingerprint density at radius 1 is 1.10 bits per heavy atom. The molecule has 156 valence electrons. The van der Waals surface area contributed by atoms with Crippen LogP contribution in [0.4, 0.5) is 19.0 Å². The second kappa shape index (κ2) is 7.79. The maximum atomic E-state index is 12.9. The van der Waals surface area contributed by atoms with E-state index in [4.69, 9.17) is 4.74 Å². The lowest BCUT2D eigenvalue weighted by atomic mass is 9.92. The van der Waals surface area contributed by atoms with E-state index in [0.717, 1.165) is 42.9 Å². The Morgan fingerprint density at radius 3 is 2.62 bits per heavy atom. The van der Waals surface area contributed by atoms with E-state index in [-0.39, 0.29) is 18.2 Å². The number of benzene rings is 1. The fourth-order valence-electron chi connectivity index (χ4n) is 3.98. The summed E-state index contributed by atoms with van der Waals surface area (Å²) in [6.45, 7) is 0.725. The SMILES string of the molecule is Oc1cc(C(F)(F)F)ccc1-c1nnc(N[C@@H]2CCCC[C@H]2O)c2c1CCOC2. The Kier molecular flexibility index (Phi) is 5.35. The van der Waals surface area contributed by atoms with Gasteiger partial charge in [0.2, 0.25) is 0 Å². The van der Waals surface area contributed by atoms with Crippen LogP contribution in [0.5, 0.6) is 5.75 Å². The first-order valence-electron chi connectivity index (χ1n) is 9.66. The van der Waals surface area contributed by atoms with Crippen LogP contribution in [0, 0.1) is 0 Å². The summed E-state index contributed by atoms with van der Waals surface area (Å²) >= 11 is 0. The molecule has 2 aliphatic rings. The van der Waals surface area contributed by atoms with Crippen LogP contribution < -0.4 is 5.32 Å². The Labute approximate surface area is 165 Å². The largest absolute Gasteiger partial charge is 0.507 e. The lowest BCUT2D eigenvalue weighted by Gasteiger charge is -2.30. The molecular formula is C20H22F3N3O3. The first-order valence-corrected chi connectivity index (χ1v) is 9.66. The number of nitrogens with zero attached hydrogens (tertiary/aromatic N) is 2. The Bertz CT molecular complexity index is 905. The van der Waals surface area contributed by atoms with Crippen LogP contribution in [0.2, 0.25) is 0 Å². The molecule has 2 atom stereocenters. The number of rotatable bonds is 3. The van der Waals surface area contributed by atoms with Gasteiger partial charge in [-0.15, -0.1) is 10.2 Å². The van der Waals surface area contributed by atoms with Gasteiger partial charge in [-0.25, -0.2) is 0 Å². The molecule has 1 aliphatic carbocycles. The molecule has 6 nitrogen and oxygen atoms in total. The molecule has 2 heterocycles. The van der Waals surface area contributed by atoms with Crippen molar-refractivity contribution < 1.29 is 28.1 Å². The van der Waals surface area contributed by atoms with Crippen LogP contribution in [0.15, 0.2) is 18.2 Å². The van der Waals surface area contributed by atoms with Crippen molar-refractivity contribution in [1.29, 1.82) is 0 Å². The van der Waals surface area contributed by atoms with Crippen molar-refractivity contribution in [2.45, 2.75) is 57.0 Å². The molecule has 0 spiro atoms. The molecule has 1 aliphatic heterocycles. The molecule has 0 saturated heterocycles. The summed E-state index contributed by atoms with van der Waals surface area (Å²) in [5.41, 5.74) is 1.18. The molecule has 4 rings (SSSR count). The molecule has 2 aromatic rings. The van der Waals surface area contributed by atoms with Crippen molar-refractivity contribution in [3.63, 3.8) is 0 Å². The van der Waals surface area contributed by atoms with Crippen molar-refractivity contribution >= 4 is 5.82 Å². The summed E-state index contributed by atoms with van der Waals surface area (Å²) in [7, 11) is 0. The van der Waals surface area contributed by atoms with Crippen LogP contribution in [-0.2, 0) is 23.9 Å². The third kappa shape index (κ3) is 4.02. The summed E-state index contributed by atoms with van der Waals surface area (Å²) in [5.74, 6) is 0.0204. The lowest BCUT2D eigenvalue weighted by Crippen LogP contribution is -2.37. The van der Waals surface area contributed by atoms with Crippen LogP contribution in [0.3, 0.4) is 0 Å². The van der Waals surface area contributed by atoms with Crippen molar-refractivity contribution in [2.75, 3.05) is 11.9 Å². The monoisotopic (exact) mass is 409 g/mol. The van der Waals surface area contributed by atoms with E-state index in [1.54, 1.807) is 0 Å². The minimum Gasteiger partial charge on any atom is -0.507 e. The quantitative estimate of drug-likeness (QED) is 0.717. The zero-order chi connectivity index (χ0) is 20.6. The number of nitrogens with one attached hydrogen (secondary N) is 1. The van der Waals surface area contributed by atoms with Gasteiger partial charge in [0.1, 0.15) is 11.4 Å². The predicted octanol–water partition coefficient (Wildman–Crippen LogP) is 3.66. The van der Waals surface area contributed by atoms with E-state index in [1.165, 1.54) is 6.07 Å². The van der Waals surface area contributed by atoms with Crippen molar-refractivity contribution in [3.05, 3.63) is 34.9 Å². The highest BCUT2D eigenvalue weighted by Crippen LogP contribution is 2.39. The highest BCUT2D eigenvalue weighted by atomic mass is 19.4. The van der Waals surface area contributed by atoms with Gasteiger partial charge in [0, 0.05) is 11.1 Å². The van der Waals surface area contributed by atoms with Gasteiger partial charge in [-0.1, -0.05) is 12.8 Å². The zero-order valence-corrected chi connectivity index (χ0v) is 15.7. The standard InChI is InChI=1S/C20H22F3N3O3/c21-20(22,23)11-5-6-13(17(28)9-11)18-12-7-8-29-10-14(12)19(26-25-18)24-15-3-1-2-4-16(15)27/h5-6,9,15-16,27-28H,1-4,7-8,10H2,(H,24,26)/t15-,16-/m1/s1. The van der Waals surface area contributed by atoms with Crippen molar-refractivity contribution in [2.24, 2.45) is 0 Å². The molecule has 1 saturated carbocycles. The number of hydrogen-bond donors (Lipinski definition) is 3. The van der Waals surface area contributed by atoms with E-state index >= 15 is 0 Å². The van der Waals surface area contributed by atoms with E-state index in [2.05, 4.69) is 15.5 Å². The number of aliphatic hydroxyl groups is 1. The molecule has 1 aromatic heterocycles. The van der Waals surface area contributed by atoms with Crippen LogP contribution >= 0.6 is 0 Å². The van der Waals surface area contributed by atoms with Gasteiger partial charge in [-0.2, -0.15) is 13.2 Å². The molecule has 0 radical (unpaired) electrons. The van der Waals surface area contributed by atoms with E-state index in [9.17, 15) is 23.4 Å². The number of halogens is 3. The third-order valence-electron chi connectivity index (χ3n) is 5.56. The summed E-state index contributed by atoms with van der Waals surface area (Å²) < 4.78 is 44.3. The normalized spacial score (nSPS) is 22.2. The Hall–Kier alpha value is -2.39. The van der Waals surface area contributed by atoms with E-state index in [0.29, 0.717) is 30.6 Å². The first-order chi connectivity index (χ1) is 13.8. The number of alkyl halides is 3. The van der Waals surface area contributed by atoms with Gasteiger partial charge in [0.25, 0.3) is 0 Å². The van der Waals surface area contributed by atoms with Crippen LogP contribution in [-0.4, -0.2) is 39.2 Å². The minimum atomic E-state index is -4.54. The third-order valence-corrected chi connectivity index (χ3v) is 5.56. The molecular weight excluding hydrogens is 387 g/mol. The van der Waals surface area contributed by atoms with Gasteiger partial charge >= 0.3 is 6.18 Å². The number of aliphatic hydroxyl groups excluding tert-OH is 1. The summed E-state index contributed by atoms with van der Waals surface area (Å²) in [6, 6.07) is 2.71. The first kappa shape index (κ1) is 19.9. The van der Waals surface area contributed by atoms with Crippen LogP contribution in [0.1, 0.15) is 42.4 Å². The number of aromatic hydroxyl groups is 1. The van der Waals surface area contributed by atoms with Gasteiger partial charge in [0.05, 0.1) is 30.9 Å². The zero-order valence-electron chi connectivity index (χ0n) is 15.7. The lowest BCUT2D eigenvalue weighted by molar-refractivity contribution is -0.137. The second-order valence-corrected chi connectivity index (χ2v) is 7.49. The summed E-state index contributed by atoms with van der Waals surface area (Å²) in [6.07, 6.45) is -0.964. The maximum Gasteiger partial charge on any atom is 0.416 e. The molecule has 0 unspecified atom stereocenters. The molecule has 0 amide bonds. The second-order valence-electron chi connectivity index (χ2n) is 7.49. The average molecular weight is 409 g/mol. The molecule has 9 heteroatoms. The fourth-order valence-corrected chi connectivity index (χ4v) is 3.98. The number of phenolic OH excluding ortho intramolecular Hbond substituents is 1. The fraction of sp³-hybridized carbons (Fsp3) is 0.500. The summed E-state index contributed by atoms with van der Waals surface area (Å²) in [5, 5.41) is 32.2. The van der Waals surface area contributed by atoms with Crippen molar-refractivity contribution in [3.8, 4) is 17.0 Å². The molecule has 1 aromatic carbocycles. The van der Waals surface area contributed by atoms with Gasteiger partial charge in [0.15, 0.2) is 5.82 Å². The number of ether oxygens (including phenoxy) is 1. The Balaban J connectivity index is 1.71. The van der Waals surface area contributed by atoms with Gasteiger partial charge in [-0.3, -0.25) is 0 Å². The van der Waals surface area contributed by atoms with Crippen LogP contribution in [0.25, 0.3) is 11.3 Å². The number of anilines is 1. The predicted molar refractivity (Wildman–Crippen MR) is 99.4 cm³/mol. The highest BCUT2D eigenvalue weighted by molar-refractivity contribution is 5.73. The molecule has 1 fully saturated rings. The van der Waals surface area contributed by atoms with E-state index < -0.39 is 23.6 Å². The summed E-state index contributed by atoms with van der Waals surface area (Å²) in [4.78, 5) is 0. The maximum absolute atomic E-state index is 12.9. The van der Waals surface area contributed by atoms with E-state index in [1.807, 2.05) is 0 Å². The molecule has 0 bridgehead atoms. The number of aromatic nitrogens is 2. The average Bonchev–Trinajstić information content (AvgIpc) is 2.69. The topological polar surface area (TPSA) is 87.5 Å². The highest BCUT2D eigenvalue weighted by Gasteiger charge is 2.32. The smallest absolute Gasteiger partial charge is 0.416 e. The van der Waals surface area contributed by atoms with Gasteiger partial charge < -0.3 is 20.3 Å².